The van der Waals surface area contributed by atoms with Crippen molar-refractivity contribution in [2.45, 2.75) is 39.3 Å². The minimum absolute atomic E-state index is 0.0117. The van der Waals surface area contributed by atoms with Crippen LogP contribution in [0.15, 0.2) is 52.1 Å². The lowest BCUT2D eigenvalue weighted by Crippen LogP contribution is -2.42. The Morgan fingerprint density at radius 1 is 1.18 bits per heavy atom. The number of carbonyl (C=O) groups excluding carboxylic acids is 1. The van der Waals surface area contributed by atoms with Crippen LogP contribution in [0.3, 0.4) is 0 Å². The quantitative estimate of drug-likeness (QED) is 0.598. The van der Waals surface area contributed by atoms with E-state index in [4.69, 9.17) is 0 Å². The summed E-state index contributed by atoms with van der Waals surface area (Å²) in [5, 5.41) is 0.395. The Bertz CT molecular complexity index is 1280. The molecule has 0 spiro atoms. The zero-order valence-electron chi connectivity index (χ0n) is 19.0. The Kier molecular flexibility index (Phi) is 6.74. The van der Waals surface area contributed by atoms with Gasteiger partial charge in [-0.25, -0.2) is 9.18 Å². The van der Waals surface area contributed by atoms with Crippen molar-refractivity contribution in [3.05, 3.63) is 80.2 Å². The van der Waals surface area contributed by atoms with Gasteiger partial charge in [-0.1, -0.05) is 32.0 Å². The molecule has 174 valence electrons. The summed E-state index contributed by atoms with van der Waals surface area (Å²) in [5.41, 5.74) is 0.111. The van der Waals surface area contributed by atoms with Gasteiger partial charge in [-0.2, -0.15) is 0 Å². The van der Waals surface area contributed by atoms with Gasteiger partial charge >= 0.3 is 5.69 Å². The molecule has 1 N–H and O–H groups in total. The molecule has 1 fully saturated rings. The fourth-order valence-electron chi connectivity index (χ4n) is 4.62. The van der Waals surface area contributed by atoms with Crippen molar-refractivity contribution < 1.29 is 9.18 Å². The number of benzene rings is 2. The highest BCUT2D eigenvalue weighted by molar-refractivity contribution is 5.95. The predicted octanol–water partition coefficient (Wildman–Crippen LogP) is 2.82. The molecule has 1 unspecified atom stereocenters. The van der Waals surface area contributed by atoms with Gasteiger partial charge in [0.25, 0.3) is 11.5 Å². The van der Waals surface area contributed by atoms with E-state index in [1.54, 1.807) is 35.2 Å². The summed E-state index contributed by atoms with van der Waals surface area (Å²) >= 11 is 0. The molecule has 8 heteroatoms. The van der Waals surface area contributed by atoms with Gasteiger partial charge in [0.05, 0.1) is 23.0 Å². The topological polar surface area (TPSA) is 78.4 Å². The van der Waals surface area contributed by atoms with Crippen LogP contribution in [0.4, 0.5) is 4.39 Å². The molecule has 1 aromatic heterocycles. The lowest BCUT2D eigenvalue weighted by atomic mass is 10.1. The summed E-state index contributed by atoms with van der Waals surface area (Å²) in [6.07, 6.45) is 1.66. The van der Waals surface area contributed by atoms with Crippen molar-refractivity contribution in [2.75, 3.05) is 26.2 Å². The van der Waals surface area contributed by atoms with Crippen LogP contribution in [0.5, 0.6) is 0 Å². The van der Waals surface area contributed by atoms with E-state index in [9.17, 15) is 18.8 Å². The van der Waals surface area contributed by atoms with Gasteiger partial charge < -0.3 is 9.80 Å². The van der Waals surface area contributed by atoms with E-state index < -0.39 is 17.1 Å². The molecule has 0 bridgehead atoms. The molecule has 1 atom stereocenters. The zero-order chi connectivity index (χ0) is 23.5. The summed E-state index contributed by atoms with van der Waals surface area (Å²) in [7, 11) is 0. The van der Waals surface area contributed by atoms with E-state index in [0.29, 0.717) is 23.0 Å². The van der Waals surface area contributed by atoms with E-state index in [-0.39, 0.29) is 24.1 Å². The molecule has 1 aliphatic rings. The highest BCUT2D eigenvalue weighted by atomic mass is 19.1. The summed E-state index contributed by atoms with van der Waals surface area (Å²) in [4.78, 5) is 44.5. The van der Waals surface area contributed by atoms with E-state index in [0.717, 1.165) is 32.5 Å². The number of hydrogen-bond acceptors (Lipinski definition) is 4. The molecule has 2 heterocycles. The van der Waals surface area contributed by atoms with Crippen LogP contribution in [0.25, 0.3) is 10.9 Å². The van der Waals surface area contributed by atoms with Crippen molar-refractivity contribution in [1.29, 1.82) is 0 Å². The van der Waals surface area contributed by atoms with Crippen molar-refractivity contribution in [3.63, 3.8) is 0 Å². The van der Waals surface area contributed by atoms with Crippen LogP contribution in [-0.2, 0) is 6.54 Å². The average Bonchev–Trinajstić information content (AvgIpc) is 3.30. The van der Waals surface area contributed by atoms with E-state index in [2.05, 4.69) is 16.8 Å². The number of likely N-dealkylation sites (N-methyl/N-ethyl adjacent to an activating group) is 1. The van der Waals surface area contributed by atoms with Gasteiger partial charge in [0, 0.05) is 25.7 Å². The number of aromatic amines is 1. The molecule has 1 aliphatic heterocycles. The summed E-state index contributed by atoms with van der Waals surface area (Å²) in [6, 6.07) is 11.3. The predicted molar refractivity (Wildman–Crippen MR) is 126 cm³/mol. The molecule has 33 heavy (non-hydrogen) atoms. The first-order valence-electron chi connectivity index (χ1n) is 11.5. The number of para-hydroxylation sites is 1. The van der Waals surface area contributed by atoms with Crippen LogP contribution in [-0.4, -0.2) is 57.5 Å². The number of likely N-dealkylation sites (tertiary alicyclic amines) is 1. The number of rotatable bonds is 7. The standard InChI is InChI=1S/C25H29FN4O3/c1-3-12-29(18-11-13-28(4-2)16-18)24(32)20-14-17(9-10-21(20)26)15-30-22-8-6-5-7-19(22)23(31)27-25(30)33/h5-10,14,18H,3-4,11-13,15-16H2,1-2H3,(H,27,31,33). The largest absolute Gasteiger partial charge is 0.334 e. The number of nitrogens with one attached hydrogen (secondary N) is 1. The number of halogens is 1. The maximum absolute atomic E-state index is 14.8. The third kappa shape index (κ3) is 4.61. The number of amides is 1. The molecule has 0 aliphatic carbocycles. The number of H-pyrrole nitrogens is 1. The molecule has 1 saturated heterocycles. The molecule has 3 aromatic rings. The lowest BCUT2D eigenvalue weighted by molar-refractivity contribution is 0.0677. The van der Waals surface area contributed by atoms with Gasteiger partial charge in [-0.3, -0.25) is 19.1 Å². The summed E-state index contributed by atoms with van der Waals surface area (Å²) in [5.74, 6) is -0.897. The monoisotopic (exact) mass is 452 g/mol. The zero-order valence-corrected chi connectivity index (χ0v) is 19.0. The van der Waals surface area contributed by atoms with Crippen LogP contribution in [0.1, 0.15) is 42.6 Å². The van der Waals surface area contributed by atoms with E-state index in [1.165, 1.54) is 16.7 Å². The number of fused-ring (bicyclic) bond motifs is 1. The Morgan fingerprint density at radius 3 is 2.70 bits per heavy atom. The van der Waals surface area contributed by atoms with Gasteiger partial charge in [0.15, 0.2) is 0 Å². The van der Waals surface area contributed by atoms with Gasteiger partial charge in [0.1, 0.15) is 5.82 Å². The van der Waals surface area contributed by atoms with Crippen LogP contribution < -0.4 is 11.2 Å². The maximum Gasteiger partial charge on any atom is 0.329 e. The number of hydrogen-bond donors (Lipinski definition) is 1. The second-order valence-corrected chi connectivity index (χ2v) is 8.51. The molecule has 0 radical (unpaired) electrons. The smallest absolute Gasteiger partial charge is 0.329 e. The van der Waals surface area contributed by atoms with Gasteiger partial charge in [-0.15, -0.1) is 0 Å². The lowest BCUT2D eigenvalue weighted by Gasteiger charge is -2.29. The van der Waals surface area contributed by atoms with Crippen LogP contribution in [0, 0.1) is 5.82 Å². The Morgan fingerprint density at radius 2 is 1.97 bits per heavy atom. The fraction of sp³-hybridized carbons (Fsp3) is 0.400. The number of aromatic nitrogens is 2. The number of carbonyl (C=O) groups is 1. The first kappa shape index (κ1) is 22.9. The minimum atomic E-state index is -0.575. The second kappa shape index (κ2) is 9.70. The Labute approximate surface area is 191 Å². The van der Waals surface area contributed by atoms with E-state index >= 15 is 0 Å². The molecular weight excluding hydrogens is 423 g/mol. The van der Waals surface area contributed by atoms with Crippen LogP contribution >= 0.6 is 0 Å². The highest BCUT2D eigenvalue weighted by Gasteiger charge is 2.31. The molecular formula is C25H29FN4O3. The minimum Gasteiger partial charge on any atom is -0.334 e. The normalized spacial score (nSPS) is 16.4. The average molecular weight is 453 g/mol. The van der Waals surface area contributed by atoms with Gasteiger partial charge in [0.2, 0.25) is 0 Å². The Hall–Kier alpha value is -3.26. The Balaban J connectivity index is 1.67. The molecule has 2 aromatic carbocycles. The van der Waals surface area contributed by atoms with Crippen LogP contribution in [0.2, 0.25) is 0 Å². The van der Waals surface area contributed by atoms with Gasteiger partial charge in [-0.05, 0) is 49.2 Å². The molecule has 0 saturated carbocycles. The maximum atomic E-state index is 14.8. The van der Waals surface area contributed by atoms with Crippen molar-refractivity contribution in [2.24, 2.45) is 0 Å². The third-order valence-corrected chi connectivity index (χ3v) is 6.37. The highest BCUT2D eigenvalue weighted by Crippen LogP contribution is 2.21. The third-order valence-electron chi connectivity index (χ3n) is 6.37. The fourth-order valence-corrected chi connectivity index (χ4v) is 4.62. The first-order chi connectivity index (χ1) is 15.9. The molecule has 1 amide bonds. The van der Waals surface area contributed by atoms with Crippen molar-refractivity contribution in [1.82, 2.24) is 19.4 Å². The van der Waals surface area contributed by atoms with Crippen molar-refractivity contribution in [3.8, 4) is 0 Å². The van der Waals surface area contributed by atoms with Crippen molar-refractivity contribution >= 4 is 16.8 Å². The number of nitrogens with zero attached hydrogens (tertiary/aromatic N) is 3. The SMILES string of the molecule is CCCN(C(=O)c1cc(Cn2c(=O)[nH]c(=O)c3ccccc32)ccc1F)C1CCN(CC)C1. The molecule has 4 rings (SSSR count). The molecule has 7 nitrogen and oxygen atoms in total. The van der Waals surface area contributed by atoms with E-state index in [1.807, 2.05) is 6.92 Å². The second-order valence-electron chi connectivity index (χ2n) is 8.51. The first-order valence-corrected chi connectivity index (χ1v) is 11.5. The summed E-state index contributed by atoms with van der Waals surface area (Å²) in [6.45, 7) is 7.43. The summed E-state index contributed by atoms with van der Waals surface area (Å²) < 4.78 is 16.2.